The highest BCUT2D eigenvalue weighted by Crippen LogP contribution is 2.39. The number of ether oxygens (including phenoxy) is 4. The smallest absolute Gasteiger partial charge is 0.399 e. The summed E-state index contributed by atoms with van der Waals surface area (Å²) in [5.74, 6) is 3.47. The van der Waals surface area contributed by atoms with Gasteiger partial charge in [0, 0.05) is 91.4 Å². The lowest BCUT2D eigenvalue weighted by molar-refractivity contribution is 0.00578. The molecule has 0 radical (unpaired) electrons. The number of H-pyrrole nitrogens is 2. The first kappa shape index (κ1) is 59.0. The molecule has 15 rings (SSSR count). The van der Waals surface area contributed by atoms with Crippen molar-refractivity contribution in [3.8, 4) is 11.4 Å². The highest BCUT2D eigenvalue weighted by atomic mass is 35.5. The van der Waals surface area contributed by atoms with Crippen LogP contribution in [0, 0.1) is 0 Å². The zero-order chi connectivity index (χ0) is 57.5. The summed E-state index contributed by atoms with van der Waals surface area (Å²) in [5, 5.41) is 37.2. The van der Waals surface area contributed by atoms with Gasteiger partial charge in [0.1, 0.15) is 0 Å². The first-order chi connectivity index (χ1) is 40.4. The number of morpholine rings is 3. The molecule has 2 aromatic carbocycles. The number of aromatic amines is 2. The minimum Gasteiger partial charge on any atom is -0.399 e. The van der Waals surface area contributed by atoms with Crippen molar-refractivity contribution >= 4 is 140 Å². The second-order valence-electron chi connectivity index (χ2n) is 20.8. The Labute approximate surface area is 501 Å². The molecule has 0 aliphatic carbocycles. The van der Waals surface area contributed by atoms with Crippen LogP contribution >= 0.6 is 57.2 Å². The minimum atomic E-state index is -0.337. The molecule has 0 spiro atoms. The summed E-state index contributed by atoms with van der Waals surface area (Å²) >= 11 is 16.9. The molecule has 5 aliphatic rings. The Kier molecular flexibility index (Phi) is 18.9. The number of hydrogen-bond acceptors (Lipinski definition) is 22. The summed E-state index contributed by atoms with van der Waals surface area (Å²) in [6.07, 6.45) is 4.91. The lowest BCUT2D eigenvalue weighted by Gasteiger charge is -2.32. The molecule has 4 N–H and O–H groups in total. The number of aliphatic hydroxyl groups excluding tert-OH is 2. The van der Waals surface area contributed by atoms with Crippen LogP contribution in [0.15, 0.2) is 72.4 Å². The molecule has 27 heteroatoms. The second kappa shape index (κ2) is 26.6. The number of aromatic nitrogens is 10. The number of aliphatic hydroxyl groups is 2. The first-order valence-electron chi connectivity index (χ1n) is 27.5. The third kappa shape index (κ3) is 13.8. The maximum atomic E-state index is 9.32. The van der Waals surface area contributed by atoms with E-state index >= 15 is 0 Å². The van der Waals surface area contributed by atoms with Gasteiger partial charge in [-0.3, -0.25) is 10.2 Å². The highest BCUT2D eigenvalue weighted by molar-refractivity contribution is 7.20. The Morgan fingerprint density at radius 3 is 1.55 bits per heavy atom. The zero-order valence-electron chi connectivity index (χ0n) is 46.5. The van der Waals surface area contributed by atoms with Crippen LogP contribution in [0.3, 0.4) is 0 Å². The summed E-state index contributed by atoms with van der Waals surface area (Å²) in [6, 6.07) is 18.0. The topological polar surface area (TPSA) is 244 Å². The van der Waals surface area contributed by atoms with Gasteiger partial charge in [0.25, 0.3) is 0 Å². The Morgan fingerprint density at radius 2 is 1.02 bits per heavy atom. The Balaban J connectivity index is 0.000000116. The number of fused-ring (bicyclic) bond motifs is 5. The molecule has 0 saturated carbocycles. The van der Waals surface area contributed by atoms with Crippen LogP contribution in [-0.2, 0) is 41.1 Å². The van der Waals surface area contributed by atoms with Crippen LogP contribution in [0.1, 0.15) is 37.4 Å². The van der Waals surface area contributed by atoms with Crippen molar-refractivity contribution in [2.45, 2.75) is 51.7 Å². The van der Waals surface area contributed by atoms with Crippen LogP contribution in [0.4, 0.5) is 17.5 Å². The summed E-state index contributed by atoms with van der Waals surface area (Å²) in [4.78, 5) is 35.8. The largest absolute Gasteiger partial charge is 0.495 e. The fraction of sp³-hybridized carbons (Fsp3) is 0.429. The summed E-state index contributed by atoms with van der Waals surface area (Å²) in [7, 11) is -0.337. The van der Waals surface area contributed by atoms with Crippen LogP contribution in [0.5, 0.6) is 0 Å². The molecule has 0 unspecified atom stereocenters. The van der Waals surface area contributed by atoms with Crippen molar-refractivity contribution in [2.75, 3.05) is 120 Å². The van der Waals surface area contributed by atoms with Crippen molar-refractivity contribution < 1.29 is 38.5 Å². The standard InChI is InChI=1S/C19H19N5O2S.C13H17BN2O2.C12H14ClN3O2S.C10H10ClN3OS.C2H4O/c25-7-4-12-10-16-17(27-12)19(24-5-8-26-9-6-24)22-18(21-16)13-2-1-3-15-14(13)11-20-23-15;1-12(2)13(3,4)18-14(17-12)10-6-5-7-11-9(10)8-15-16-11;13-12-14-9-7-8(1-4-17)19-10(9)11(15-12)16-2-5-18-6-3-16;11-10-12-7-1-6-16-8(7)9(13-10)14-2-4-15-5-3-14;1-2-3-1/h1-3,10-11,25H,4-9H2,(H,20,23);5-8H,1-4H3,(H,15,16);7,17H,1-6H2;1,6H,2-5H2;1-2H2. The number of nitrogens with zero attached hydrogens (tertiary/aromatic N) is 11. The molecule has 0 atom stereocenters. The van der Waals surface area contributed by atoms with E-state index in [2.05, 4.69) is 93.5 Å². The molecule has 21 nitrogen and oxygen atoms in total. The lowest BCUT2D eigenvalue weighted by Crippen LogP contribution is -2.41. The van der Waals surface area contributed by atoms with Gasteiger partial charge in [0.05, 0.1) is 118 Å². The molecule has 5 fully saturated rings. The Hall–Kier alpha value is -5.78. The van der Waals surface area contributed by atoms with Gasteiger partial charge >= 0.3 is 7.12 Å². The molecule has 83 heavy (non-hydrogen) atoms. The fourth-order valence-corrected chi connectivity index (χ4v) is 13.0. The molecular weight excluding hydrogens is 1160 g/mol. The predicted molar refractivity (Wildman–Crippen MR) is 331 cm³/mol. The molecule has 0 bridgehead atoms. The van der Waals surface area contributed by atoms with Crippen molar-refractivity contribution in [2.24, 2.45) is 0 Å². The molecule has 5 aliphatic heterocycles. The summed E-state index contributed by atoms with van der Waals surface area (Å²) < 4.78 is 36.0. The third-order valence-electron chi connectivity index (χ3n) is 14.6. The van der Waals surface area contributed by atoms with Gasteiger partial charge in [-0.1, -0.05) is 24.3 Å². The second-order valence-corrected chi connectivity index (χ2v) is 24.6. The van der Waals surface area contributed by atoms with Gasteiger partial charge in [-0.15, -0.1) is 34.0 Å². The van der Waals surface area contributed by atoms with E-state index < -0.39 is 0 Å². The van der Waals surface area contributed by atoms with E-state index in [9.17, 15) is 5.11 Å². The van der Waals surface area contributed by atoms with Crippen molar-refractivity contribution in [1.82, 2.24) is 50.3 Å². The average molecular weight is 1230 g/mol. The van der Waals surface area contributed by atoms with E-state index in [1.54, 1.807) is 34.0 Å². The van der Waals surface area contributed by atoms with E-state index in [-0.39, 0.29) is 36.8 Å². The number of hydrogen-bond donors (Lipinski definition) is 4. The third-order valence-corrected chi connectivity index (χ3v) is 18.2. The van der Waals surface area contributed by atoms with E-state index in [0.29, 0.717) is 50.4 Å². The molecule has 10 aromatic rings. The van der Waals surface area contributed by atoms with Crippen molar-refractivity contribution in [3.05, 3.63) is 92.7 Å². The monoisotopic (exact) mass is 1220 g/mol. The van der Waals surface area contributed by atoms with Gasteiger partial charge in [0.15, 0.2) is 23.3 Å². The van der Waals surface area contributed by atoms with Gasteiger partial charge in [0.2, 0.25) is 10.6 Å². The normalized spacial score (nSPS) is 17.4. The molecular formula is C56H64BCl2N13O8S3. The van der Waals surface area contributed by atoms with Crippen LogP contribution in [0.25, 0.3) is 63.8 Å². The van der Waals surface area contributed by atoms with E-state index in [1.165, 1.54) is 0 Å². The van der Waals surface area contributed by atoms with Gasteiger partial charge in [-0.05, 0) is 92.1 Å². The summed E-state index contributed by atoms with van der Waals surface area (Å²) in [6.45, 7) is 19.8. The number of benzene rings is 2. The number of epoxide rings is 1. The quantitative estimate of drug-likeness (QED) is 0.0602. The van der Waals surface area contributed by atoms with Gasteiger partial charge in [-0.25, -0.2) is 19.9 Å². The Bertz CT molecular complexity index is 3770. The van der Waals surface area contributed by atoms with Crippen LogP contribution in [-0.4, -0.2) is 184 Å². The van der Waals surface area contributed by atoms with Crippen LogP contribution < -0.4 is 20.2 Å². The lowest BCUT2D eigenvalue weighted by atomic mass is 9.77. The van der Waals surface area contributed by atoms with E-state index in [4.69, 9.17) is 61.8 Å². The van der Waals surface area contributed by atoms with Gasteiger partial charge < -0.3 is 53.2 Å². The van der Waals surface area contributed by atoms with E-state index in [0.717, 1.165) is 156 Å². The molecule has 0 amide bonds. The van der Waals surface area contributed by atoms with Gasteiger partial charge in [-0.2, -0.15) is 20.2 Å². The Morgan fingerprint density at radius 1 is 0.554 bits per heavy atom. The number of halogens is 2. The molecule has 13 heterocycles. The highest BCUT2D eigenvalue weighted by Gasteiger charge is 2.52. The number of nitrogens with one attached hydrogen (secondary N) is 2. The average Bonchev–Trinajstić information content (AvgIpc) is 4.23. The van der Waals surface area contributed by atoms with E-state index in [1.807, 2.05) is 66.3 Å². The van der Waals surface area contributed by atoms with Crippen molar-refractivity contribution in [3.63, 3.8) is 0 Å². The molecule has 5 saturated heterocycles. The zero-order valence-corrected chi connectivity index (χ0v) is 50.4. The van der Waals surface area contributed by atoms with Crippen molar-refractivity contribution in [1.29, 1.82) is 0 Å². The first-order valence-corrected chi connectivity index (χ1v) is 30.8. The molecule has 436 valence electrons. The minimum absolute atomic E-state index is 0.133. The number of rotatable bonds is 9. The predicted octanol–water partition coefficient (Wildman–Crippen LogP) is 8.38. The maximum Gasteiger partial charge on any atom is 0.495 e. The number of anilines is 3. The molecule has 8 aromatic heterocycles. The number of thiophene rings is 3. The maximum absolute atomic E-state index is 9.32. The summed E-state index contributed by atoms with van der Waals surface area (Å²) in [5.41, 5.74) is 6.04. The fourth-order valence-electron chi connectivity index (χ4n) is 9.61. The SMILES string of the molecule is C1CO1.CC1(C)OB(c2cccc3[nH]ncc23)OC1(C)C.Clc1nc(N2CCOCC2)c2sccc2n1.OCCc1cc2nc(-c3cccc4[nH]ncc34)nc(N3CCOCC3)c2s1.OCCc1cc2nc(Cl)nc(N3CCOCC3)c2s1. The van der Waals surface area contributed by atoms with Crippen LogP contribution in [0.2, 0.25) is 10.6 Å².